The molecule has 86 valence electrons. The fourth-order valence-electron chi connectivity index (χ4n) is 1.14. The zero-order valence-electron chi connectivity index (χ0n) is 9.19. The van der Waals surface area contributed by atoms with Crippen molar-refractivity contribution < 1.29 is 9.59 Å². The SMILES string of the molecule is CC(=O)NCC(=O)NCCc1ccccn1. The number of nitrogens with zero attached hydrogens (tertiary/aromatic N) is 1. The maximum absolute atomic E-state index is 11.2. The smallest absolute Gasteiger partial charge is 0.239 e. The summed E-state index contributed by atoms with van der Waals surface area (Å²) in [5, 5.41) is 5.12. The molecule has 5 heteroatoms. The molecule has 0 aromatic carbocycles. The van der Waals surface area contributed by atoms with E-state index in [9.17, 15) is 9.59 Å². The van der Waals surface area contributed by atoms with E-state index in [4.69, 9.17) is 0 Å². The monoisotopic (exact) mass is 221 g/mol. The van der Waals surface area contributed by atoms with Crippen molar-refractivity contribution in [3.63, 3.8) is 0 Å². The second-order valence-corrected chi connectivity index (χ2v) is 3.33. The number of pyridine rings is 1. The van der Waals surface area contributed by atoms with Gasteiger partial charge in [0.1, 0.15) is 0 Å². The van der Waals surface area contributed by atoms with Gasteiger partial charge in [-0.3, -0.25) is 14.6 Å². The maximum Gasteiger partial charge on any atom is 0.239 e. The van der Waals surface area contributed by atoms with Gasteiger partial charge in [0.25, 0.3) is 0 Å². The van der Waals surface area contributed by atoms with Crippen LogP contribution in [-0.4, -0.2) is 29.9 Å². The largest absolute Gasteiger partial charge is 0.354 e. The van der Waals surface area contributed by atoms with Gasteiger partial charge in [0, 0.05) is 31.8 Å². The molecule has 0 aliphatic carbocycles. The Morgan fingerprint density at radius 3 is 2.75 bits per heavy atom. The highest BCUT2D eigenvalue weighted by atomic mass is 16.2. The molecule has 0 saturated heterocycles. The molecule has 2 N–H and O–H groups in total. The van der Waals surface area contributed by atoms with Crippen molar-refractivity contribution in [2.75, 3.05) is 13.1 Å². The molecule has 0 aliphatic rings. The van der Waals surface area contributed by atoms with E-state index >= 15 is 0 Å². The highest BCUT2D eigenvalue weighted by molar-refractivity contribution is 5.83. The Hall–Kier alpha value is -1.91. The minimum absolute atomic E-state index is 0.0253. The molecule has 1 aromatic heterocycles. The summed E-state index contributed by atoms with van der Waals surface area (Å²) in [5.41, 5.74) is 0.933. The van der Waals surface area contributed by atoms with E-state index in [1.807, 2.05) is 18.2 Å². The minimum Gasteiger partial charge on any atom is -0.354 e. The predicted molar refractivity (Wildman–Crippen MR) is 59.6 cm³/mol. The molecule has 1 heterocycles. The number of carbonyl (C=O) groups is 2. The van der Waals surface area contributed by atoms with Crippen LogP contribution in [0.3, 0.4) is 0 Å². The molecule has 2 amide bonds. The summed E-state index contributed by atoms with van der Waals surface area (Å²) in [6.45, 7) is 1.92. The number of aromatic nitrogens is 1. The number of hydrogen-bond donors (Lipinski definition) is 2. The molecule has 1 aromatic rings. The number of hydrogen-bond acceptors (Lipinski definition) is 3. The summed E-state index contributed by atoms with van der Waals surface area (Å²) in [4.78, 5) is 25.9. The molecule has 0 radical (unpaired) electrons. The van der Waals surface area contributed by atoms with E-state index in [2.05, 4.69) is 15.6 Å². The lowest BCUT2D eigenvalue weighted by Crippen LogP contribution is -2.36. The third-order valence-corrected chi connectivity index (χ3v) is 1.93. The lowest BCUT2D eigenvalue weighted by Gasteiger charge is -2.05. The van der Waals surface area contributed by atoms with E-state index in [-0.39, 0.29) is 18.4 Å². The molecule has 0 aliphatic heterocycles. The van der Waals surface area contributed by atoms with Gasteiger partial charge in [-0.2, -0.15) is 0 Å². The average Bonchev–Trinajstić information content (AvgIpc) is 2.28. The summed E-state index contributed by atoms with van der Waals surface area (Å²) < 4.78 is 0. The van der Waals surface area contributed by atoms with Gasteiger partial charge in [-0.05, 0) is 12.1 Å². The molecule has 0 bridgehead atoms. The number of rotatable bonds is 5. The zero-order chi connectivity index (χ0) is 11.8. The molecule has 1 rings (SSSR count). The van der Waals surface area contributed by atoms with Crippen LogP contribution in [-0.2, 0) is 16.0 Å². The average molecular weight is 221 g/mol. The van der Waals surface area contributed by atoms with Crippen LogP contribution in [0.4, 0.5) is 0 Å². The van der Waals surface area contributed by atoms with Gasteiger partial charge in [0.15, 0.2) is 0 Å². The highest BCUT2D eigenvalue weighted by Crippen LogP contribution is 1.92. The van der Waals surface area contributed by atoms with Crippen molar-refractivity contribution in [3.8, 4) is 0 Å². The van der Waals surface area contributed by atoms with Gasteiger partial charge in [-0.25, -0.2) is 0 Å². The number of nitrogens with one attached hydrogen (secondary N) is 2. The first-order valence-electron chi connectivity index (χ1n) is 5.09. The Bertz CT molecular complexity index is 352. The summed E-state index contributed by atoms with van der Waals surface area (Å²) in [6, 6.07) is 5.65. The standard InChI is InChI=1S/C11H15N3O2/c1-9(15)14-8-11(16)13-7-5-10-4-2-3-6-12-10/h2-4,6H,5,7-8H2,1H3,(H,13,16)(H,14,15). The zero-order valence-corrected chi connectivity index (χ0v) is 9.19. The quantitative estimate of drug-likeness (QED) is 0.728. The molecule has 16 heavy (non-hydrogen) atoms. The van der Waals surface area contributed by atoms with Gasteiger partial charge < -0.3 is 10.6 Å². The number of carbonyl (C=O) groups excluding carboxylic acids is 2. The van der Waals surface area contributed by atoms with Gasteiger partial charge in [-0.15, -0.1) is 0 Å². The maximum atomic E-state index is 11.2. The first-order valence-corrected chi connectivity index (χ1v) is 5.09. The summed E-state index contributed by atoms with van der Waals surface area (Å²) in [5.74, 6) is -0.397. The lowest BCUT2D eigenvalue weighted by atomic mass is 10.3. The minimum atomic E-state index is -0.208. The van der Waals surface area contributed by atoms with Crippen LogP contribution in [0, 0.1) is 0 Å². The Kier molecular flexibility index (Phi) is 4.98. The Balaban J connectivity index is 2.16. The Morgan fingerprint density at radius 1 is 1.31 bits per heavy atom. The highest BCUT2D eigenvalue weighted by Gasteiger charge is 2.01. The molecule has 0 unspecified atom stereocenters. The summed E-state index contributed by atoms with van der Waals surface area (Å²) in [6.07, 6.45) is 2.40. The fraction of sp³-hybridized carbons (Fsp3) is 0.364. The van der Waals surface area contributed by atoms with Gasteiger partial charge in [0.05, 0.1) is 6.54 Å². The lowest BCUT2D eigenvalue weighted by molar-refractivity contribution is -0.125. The normalized spacial score (nSPS) is 9.56. The van der Waals surface area contributed by atoms with Crippen molar-refractivity contribution in [2.24, 2.45) is 0 Å². The molecule has 0 fully saturated rings. The molecule has 0 atom stereocenters. The van der Waals surface area contributed by atoms with Crippen molar-refractivity contribution in [1.82, 2.24) is 15.6 Å². The third-order valence-electron chi connectivity index (χ3n) is 1.93. The molecule has 5 nitrogen and oxygen atoms in total. The van der Waals surface area contributed by atoms with Crippen LogP contribution in [0.2, 0.25) is 0 Å². The fourth-order valence-corrected chi connectivity index (χ4v) is 1.14. The van der Waals surface area contributed by atoms with Crippen LogP contribution in [0.25, 0.3) is 0 Å². The first-order chi connectivity index (χ1) is 7.68. The van der Waals surface area contributed by atoms with Crippen molar-refractivity contribution >= 4 is 11.8 Å². The molecular weight excluding hydrogens is 206 g/mol. The summed E-state index contributed by atoms with van der Waals surface area (Å²) >= 11 is 0. The third kappa shape index (κ3) is 5.09. The topological polar surface area (TPSA) is 71.1 Å². The Morgan fingerprint density at radius 2 is 2.12 bits per heavy atom. The molecular formula is C11H15N3O2. The van der Waals surface area contributed by atoms with Crippen LogP contribution in [0.1, 0.15) is 12.6 Å². The van der Waals surface area contributed by atoms with Crippen LogP contribution in [0.5, 0.6) is 0 Å². The van der Waals surface area contributed by atoms with Crippen molar-refractivity contribution in [2.45, 2.75) is 13.3 Å². The molecule has 0 spiro atoms. The van der Waals surface area contributed by atoms with Gasteiger partial charge >= 0.3 is 0 Å². The van der Waals surface area contributed by atoms with Gasteiger partial charge in [0.2, 0.25) is 11.8 Å². The second-order valence-electron chi connectivity index (χ2n) is 3.33. The van der Waals surface area contributed by atoms with Crippen LogP contribution in [0.15, 0.2) is 24.4 Å². The van der Waals surface area contributed by atoms with E-state index in [1.165, 1.54) is 6.92 Å². The van der Waals surface area contributed by atoms with E-state index in [1.54, 1.807) is 6.20 Å². The van der Waals surface area contributed by atoms with Crippen LogP contribution >= 0.6 is 0 Å². The van der Waals surface area contributed by atoms with Crippen LogP contribution < -0.4 is 10.6 Å². The Labute approximate surface area is 94.3 Å². The van der Waals surface area contributed by atoms with E-state index in [0.29, 0.717) is 13.0 Å². The van der Waals surface area contributed by atoms with E-state index in [0.717, 1.165) is 5.69 Å². The predicted octanol–water partition coefficient (Wildman–Crippen LogP) is -0.124. The molecule has 0 saturated carbocycles. The first kappa shape index (κ1) is 12.2. The summed E-state index contributed by atoms with van der Waals surface area (Å²) in [7, 11) is 0. The van der Waals surface area contributed by atoms with Crippen molar-refractivity contribution in [1.29, 1.82) is 0 Å². The number of amides is 2. The van der Waals surface area contributed by atoms with Gasteiger partial charge in [-0.1, -0.05) is 6.07 Å². The second kappa shape index (κ2) is 6.55. The van der Waals surface area contributed by atoms with E-state index < -0.39 is 0 Å². The van der Waals surface area contributed by atoms with Crippen molar-refractivity contribution in [3.05, 3.63) is 30.1 Å².